The summed E-state index contributed by atoms with van der Waals surface area (Å²) < 4.78 is 0. The summed E-state index contributed by atoms with van der Waals surface area (Å²) in [4.78, 5) is 26.2. The third-order valence-electron chi connectivity index (χ3n) is 4.84. The van der Waals surface area contributed by atoms with E-state index in [0.29, 0.717) is 23.4 Å². The highest BCUT2D eigenvalue weighted by molar-refractivity contribution is 6.23. The molecule has 19 heavy (non-hydrogen) atoms. The first-order valence-electron chi connectivity index (χ1n) is 6.87. The summed E-state index contributed by atoms with van der Waals surface area (Å²) in [5.41, 5.74) is 7.36. The molecular weight excluding hydrogens is 240 g/mol. The second kappa shape index (κ2) is 3.38. The maximum atomic E-state index is 12.4. The van der Waals surface area contributed by atoms with Crippen molar-refractivity contribution in [3.8, 4) is 0 Å². The monoisotopic (exact) mass is 256 g/mol. The number of carbonyl (C=O) groups excluding carboxylic acids is 2. The van der Waals surface area contributed by atoms with Crippen LogP contribution < -0.4 is 5.73 Å². The molecule has 0 aromatic heterocycles. The van der Waals surface area contributed by atoms with E-state index in [1.54, 1.807) is 18.2 Å². The van der Waals surface area contributed by atoms with Crippen LogP contribution in [0.15, 0.2) is 18.2 Å². The average molecular weight is 256 g/mol. The van der Waals surface area contributed by atoms with Gasteiger partial charge in [-0.05, 0) is 49.1 Å². The fourth-order valence-corrected chi connectivity index (χ4v) is 3.37. The quantitative estimate of drug-likeness (QED) is 0.665. The zero-order valence-electron chi connectivity index (χ0n) is 10.7. The fourth-order valence-electron chi connectivity index (χ4n) is 3.37. The molecule has 4 heteroatoms. The van der Waals surface area contributed by atoms with E-state index in [1.165, 1.54) is 17.7 Å². The van der Waals surface area contributed by atoms with Crippen molar-refractivity contribution in [2.24, 2.45) is 11.3 Å². The predicted molar refractivity (Wildman–Crippen MR) is 70.6 cm³/mol. The number of nitrogens with two attached hydrogens (primary N) is 1. The fraction of sp³-hybridized carbons (Fsp3) is 0.467. The number of nitrogen functional groups attached to an aromatic ring is 1. The highest BCUT2D eigenvalue weighted by atomic mass is 16.2. The molecule has 98 valence electrons. The van der Waals surface area contributed by atoms with E-state index in [9.17, 15) is 9.59 Å². The Morgan fingerprint density at radius 3 is 2.53 bits per heavy atom. The lowest BCUT2D eigenvalue weighted by Gasteiger charge is -2.21. The highest BCUT2D eigenvalue weighted by Gasteiger charge is 2.56. The molecule has 0 unspecified atom stereocenters. The molecule has 0 saturated heterocycles. The van der Waals surface area contributed by atoms with Crippen LogP contribution in [0.4, 0.5) is 5.69 Å². The van der Waals surface area contributed by atoms with Gasteiger partial charge in [-0.15, -0.1) is 0 Å². The molecule has 2 fully saturated rings. The molecule has 2 saturated carbocycles. The first-order valence-corrected chi connectivity index (χ1v) is 6.87. The standard InChI is InChI=1S/C15H16N2O2/c16-11-3-1-2-10-12(11)14(19)17(13(10)18)8-15(6-7-15)9-4-5-9/h1-3,9H,4-8,16H2. The maximum Gasteiger partial charge on any atom is 0.263 e. The number of amides is 2. The molecule has 0 atom stereocenters. The summed E-state index contributed by atoms with van der Waals surface area (Å²) >= 11 is 0. The van der Waals surface area contributed by atoms with Crippen molar-refractivity contribution in [1.82, 2.24) is 4.90 Å². The van der Waals surface area contributed by atoms with Gasteiger partial charge in [0.1, 0.15) is 0 Å². The number of fused-ring (bicyclic) bond motifs is 1. The predicted octanol–water partition coefficient (Wildman–Crippen LogP) is 2.06. The molecule has 0 spiro atoms. The second-order valence-electron chi connectivity index (χ2n) is 6.10. The first-order chi connectivity index (χ1) is 9.12. The van der Waals surface area contributed by atoms with E-state index in [4.69, 9.17) is 5.73 Å². The summed E-state index contributed by atoms with van der Waals surface area (Å²) in [6.45, 7) is 0.587. The summed E-state index contributed by atoms with van der Waals surface area (Å²) in [6.07, 6.45) is 4.82. The number of anilines is 1. The van der Waals surface area contributed by atoms with Gasteiger partial charge in [-0.1, -0.05) is 6.07 Å². The van der Waals surface area contributed by atoms with Crippen LogP contribution in [-0.4, -0.2) is 23.3 Å². The van der Waals surface area contributed by atoms with Crippen molar-refractivity contribution in [3.05, 3.63) is 29.3 Å². The average Bonchev–Trinajstić information content (AvgIpc) is 3.26. The molecule has 2 N–H and O–H groups in total. The molecule has 0 bridgehead atoms. The largest absolute Gasteiger partial charge is 0.398 e. The Labute approximate surface area is 111 Å². The van der Waals surface area contributed by atoms with Gasteiger partial charge in [0.25, 0.3) is 11.8 Å². The van der Waals surface area contributed by atoms with Crippen LogP contribution in [0.3, 0.4) is 0 Å². The molecule has 1 aromatic rings. The molecule has 4 nitrogen and oxygen atoms in total. The summed E-state index contributed by atoms with van der Waals surface area (Å²) in [5, 5.41) is 0. The van der Waals surface area contributed by atoms with Gasteiger partial charge in [0, 0.05) is 12.2 Å². The van der Waals surface area contributed by atoms with Gasteiger partial charge in [-0.3, -0.25) is 14.5 Å². The van der Waals surface area contributed by atoms with E-state index in [2.05, 4.69) is 0 Å². The van der Waals surface area contributed by atoms with Gasteiger partial charge >= 0.3 is 0 Å². The minimum atomic E-state index is -0.204. The van der Waals surface area contributed by atoms with Crippen molar-refractivity contribution in [2.75, 3.05) is 12.3 Å². The minimum absolute atomic E-state index is 0.167. The third-order valence-corrected chi connectivity index (χ3v) is 4.84. The Morgan fingerprint density at radius 1 is 1.21 bits per heavy atom. The van der Waals surface area contributed by atoms with Gasteiger partial charge in [0.15, 0.2) is 0 Å². The van der Waals surface area contributed by atoms with E-state index in [-0.39, 0.29) is 17.2 Å². The zero-order chi connectivity index (χ0) is 13.2. The Hall–Kier alpha value is -1.84. The van der Waals surface area contributed by atoms with Crippen molar-refractivity contribution < 1.29 is 9.59 Å². The van der Waals surface area contributed by atoms with Crippen LogP contribution >= 0.6 is 0 Å². The third kappa shape index (κ3) is 1.46. The molecule has 0 radical (unpaired) electrons. The number of rotatable bonds is 3. The van der Waals surface area contributed by atoms with Crippen LogP contribution in [0, 0.1) is 11.3 Å². The van der Waals surface area contributed by atoms with Crippen LogP contribution in [0.1, 0.15) is 46.4 Å². The Bertz CT molecular complexity index is 600. The SMILES string of the molecule is Nc1cccc2c1C(=O)N(CC1(C3CC3)CC1)C2=O. The lowest BCUT2D eigenvalue weighted by Crippen LogP contribution is -2.36. The summed E-state index contributed by atoms with van der Waals surface area (Å²) in [5.74, 6) is 0.360. The Balaban J connectivity index is 1.67. The highest BCUT2D eigenvalue weighted by Crippen LogP contribution is 2.61. The zero-order valence-corrected chi connectivity index (χ0v) is 10.7. The number of nitrogens with zero attached hydrogens (tertiary/aromatic N) is 1. The lowest BCUT2D eigenvalue weighted by atomic mass is 10.00. The van der Waals surface area contributed by atoms with E-state index >= 15 is 0 Å². The van der Waals surface area contributed by atoms with E-state index in [0.717, 1.165) is 18.8 Å². The molecule has 1 aromatic carbocycles. The van der Waals surface area contributed by atoms with Gasteiger partial charge in [0.2, 0.25) is 0 Å². The number of carbonyl (C=O) groups is 2. The first kappa shape index (κ1) is 11.0. The van der Waals surface area contributed by atoms with Crippen molar-refractivity contribution >= 4 is 17.5 Å². The normalized spacial score (nSPS) is 23.7. The Morgan fingerprint density at radius 2 is 1.95 bits per heavy atom. The van der Waals surface area contributed by atoms with Crippen LogP contribution in [0.5, 0.6) is 0 Å². The van der Waals surface area contributed by atoms with Gasteiger partial charge in [-0.2, -0.15) is 0 Å². The molecular formula is C15H16N2O2. The van der Waals surface area contributed by atoms with Gasteiger partial charge in [0.05, 0.1) is 11.1 Å². The number of imide groups is 1. The van der Waals surface area contributed by atoms with Crippen LogP contribution in [0.25, 0.3) is 0 Å². The van der Waals surface area contributed by atoms with Crippen LogP contribution in [-0.2, 0) is 0 Å². The number of benzene rings is 1. The molecule has 1 aliphatic heterocycles. The molecule has 1 heterocycles. The minimum Gasteiger partial charge on any atom is -0.398 e. The van der Waals surface area contributed by atoms with Gasteiger partial charge in [-0.25, -0.2) is 0 Å². The van der Waals surface area contributed by atoms with Gasteiger partial charge < -0.3 is 5.73 Å². The topological polar surface area (TPSA) is 63.4 Å². The smallest absolute Gasteiger partial charge is 0.263 e. The maximum absolute atomic E-state index is 12.4. The number of hydrogen-bond acceptors (Lipinski definition) is 3. The van der Waals surface area contributed by atoms with Crippen molar-refractivity contribution in [2.45, 2.75) is 25.7 Å². The van der Waals surface area contributed by atoms with Crippen molar-refractivity contribution in [3.63, 3.8) is 0 Å². The lowest BCUT2D eigenvalue weighted by molar-refractivity contribution is 0.0612. The summed E-state index contributed by atoms with van der Waals surface area (Å²) in [6, 6.07) is 5.11. The second-order valence-corrected chi connectivity index (χ2v) is 6.10. The molecule has 2 aliphatic carbocycles. The summed E-state index contributed by atoms with van der Waals surface area (Å²) in [7, 11) is 0. The Kier molecular flexibility index (Phi) is 1.96. The van der Waals surface area contributed by atoms with E-state index < -0.39 is 0 Å². The number of hydrogen-bond donors (Lipinski definition) is 1. The van der Waals surface area contributed by atoms with Crippen molar-refractivity contribution in [1.29, 1.82) is 0 Å². The van der Waals surface area contributed by atoms with E-state index in [1.807, 2.05) is 0 Å². The molecule has 4 rings (SSSR count). The molecule has 2 amide bonds. The molecule has 3 aliphatic rings. The van der Waals surface area contributed by atoms with Crippen LogP contribution in [0.2, 0.25) is 0 Å².